The van der Waals surface area contributed by atoms with Gasteiger partial charge in [-0.05, 0) is 5.41 Å². The Balaban J connectivity index is 2.96. The summed E-state index contributed by atoms with van der Waals surface area (Å²) in [5, 5.41) is 12.3. The molecule has 0 radical (unpaired) electrons. The highest BCUT2D eigenvalue weighted by Crippen LogP contribution is 2.26. The number of likely N-dealkylation sites (tertiary alicyclic amines) is 1. The lowest BCUT2D eigenvalue weighted by Crippen LogP contribution is -2.57. The van der Waals surface area contributed by atoms with Gasteiger partial charge in [0.15, 0.2) is 0 Å². The molecule has 1 rings (SSSR count). The van der Waals surface area contributed by atoms with Crippen molar-refractivity contribution >= 4 is 18.0 Å². The molecule has 0 spiro atoms. The highest BCUT2D eigenvalue weighted by molar-refractivity contribution is 5.90. The molecule has 0 bridgehead atoms. The molecule has 3 atom stereocenters. The van der Waals surface area contributed by atoms with Crippen molar-refractivity contribution < 1.29 is 29.0 Å². The summed E-state index contributed by atoms with van der Waals surface area (Å²) in [5.41, 5.74) is -0.626. The topological polar surface area (TPSA) is 105 Å². The maximum atomic E-state index is 12.9. The molecule has 24 heavy (non-hydrogen) atoms. The molecule has 2 N–H and O–H groups in total. The quantitative estimate of drug-likeness (QED) is 0.555. The van der Waals surface area contributed by atoms with Crippen LogP contribution in [-0.4, -0.2) is 66.4 Å². The zero-order chi connectivity index (χ0) is 18.5. The minimum absolute atomic E-state index is 0.00850. The van der Waals surface area contributed by atoms with Crippen molar-refractivity contribution in [3.8, 4) is 0 Å². The van der Waals surface area contributed by atoms with Gasteiger partial charge in [-0.1, -0.05) is 33.4 Å². The third kappa shape index (κ3) is 4.95. The van der Waals surface area contributed by atoms with E-state index in [0.29, 0.717) is 0 Å². The fourth-order valence-electron chi connectivity index (χ4n) is 2.53. The summed E-state index contributed by atoms with van der Waals surface area (Å²) >= 11 is 0. The van der Waals surface area contributed by atoms with Gasteiger partial charge in [0.2, 0.25) is 5.91 Å². The summed E-state index contributed by atoms with van der Waals surface area (Å²) < 4.78 is 9.56. The molecule has 0 saturated carbocycles. The first-order chi connectivity index (χ1) is 11.1. The molecule has 1 saturated heterocycles. The molecule has 0 aromatic rings. The predicted molar refractivity (Wildman–Crippen MR) is 86.1 cm³/mol. The van der Waals surface area contributed by atoms with Crippen molar-refractivity contribution in [3.63, 3.8) is 0 Å². The number of nitrogens with zero attached hydrogens (tertiary/aromatic N) is 1. The second-order valence-electron chi connectivity index (χ2n) is 6.75. The number of hydrogen-bond donors (Lipinski definition) is 2. The van der Waals surface area contributed by atoms with Crippen LogP contribution in [0.1, 0.15) is 27.2 Å². The summed E-state index contributed by atoms with van der Waals surface area (Å²) in [5.74, 6) is -1.06. The maximum Gasteiger partial charge on any atom is 0.408 e. The highest BCUT2D eigenvalue weighted by Gasteiger charge is 2.45. The van der Waals surface area contributed by atoms with E-state index in [1.807, 2.05) is 0 Å². The molecular weight excluding hydrogens is 316 g/mol. The number of nitrogens with one attached hydrogen (secondary N) is 1. The average molecular weight is 342 g/mol. The fraction of sp³-hybridized carbons (Fsp3) is 0.688. The molecule has 8 nitrogen and oxygen atoms in total. The van der Waals surface area contributed by atoms with Crippen LogP contribution in [0, 0.1) is 5.41 Å². The van der Waals surface area contributed by atoms with Crippen LogP contribution in [0.2, 0.25) is 0 Å². The van der Waals surface area contributed by atoms with Crippen molar-refractivity contribution in [2.24, 2.45) is 5.41 Å². The van der Waals surface area contributed by atoms with E-state index in [1.54, 1.807) is 20.8 Å². The van der Waals surface area contributed by atoms with E-state index in [9.17, 15) is 19.5 Å². The Labute approximate surface area is 141 Å². The predicted octanol–water partition coefficient (Wildman–Crippen LogP) is 0.448. The van der Waals surface area contributed by atoms with Gasteiger partial charge in [0.1, 0.15) is 18.7 Å². The van der Waals surface area contributed by atoms with Gasteiger partial charge in [-0.15, -0.1) is 0 Å². The number of rotatable bonds is 5. The lowest BCUT2D eigenvalue weighted by Gasteiger charge is -2.34. The van der Waals surface area contributed by atoms with E-state index in [4.69, 9.17) is 9.47 Å². The Bertz CT molecular complexity index is 499. The van der Waals surface area contributed by atoms with Crippen molar-refractivity contribution in [1.29, 1.82) is 0 Å². The summed E-state index contributed by atoms with van der Waals surface area (Å²) in [6.45, 7) is 8.82. The number of alkyl carbamates (subject to hydrolysis) is 1. The Kier molecular flexibility index (Phi) is 6.77. The minimum Gasteiger partial charge on any atom is -0.467 e. The minimum atomic E-state index is -0.924. The van der Waals surface area contributed by atoms with Gasteiger partial charge in [-0.25, -0.2) is 9.59 Å². The number of hydrogen-bond acceptors (Lipinski definition) is 6. The number of amides is 2. The number of aliphatic hydroxyl groups is 1. The molecular formula is C16H26N2O6. The van der Waals surface area contributed by atoms with Gasteiger partial charge >= 0.3 is 12.1 Å². The van der Waals surface area contributed by atoms with Gasteiger partial charge in [-0.3, -0.25) is 4.79 Å². The number of aliphatic hydroxyl groups excluding tert-OH is 1. The van der Waals surface area contributed by atoms with Crippen LogP contribution in [0.3, 0.4) is 0 Å². The Morgan fingerprint density at radius 1 is 1.42 bits per heavy atom. The van der Waals surface area contributed by atoms with Crippen LogP contribution in [0.5, 0.6) is 0 Å². The van der Waals surface area contributed by atoms with Crippen LogP contribution in [0.15, 0.2) is 12.7 Å². The van der Waals surface area contributed by atoms with Gasteiger partial charge in [0.25, 0.3) is 0 Å². The van der Waals surface area contributed by atoms with E-state index >= 15 is 0 Å². The zero-order valence-electron chi connectivity index (χ0n) is 14.6. The number of carbonyl (C=O) groups is 3. The van der Waals surface area contributed by atoms with Gasteiger partial charge in [0.05, 0.1) is 13.2 Å². The van der Waals surface area contributed by atoms with Crippen molar-refractivity contribution in [2.45, 2.75) is 45.4 Å². The molecule has 8 heteroatoms. The van der Waals surface area contributed by atoms with Crippen LogP contribution >= 0.6 is 0 Å². The number of ether oxygens (including phenoxy) is 2. The number of methoxy groups -OCH3 is 1. The zero-order valence-corrected chi connectivity index (χ0v) is 14.6. The molecule has 0 aromatic carbocycles. The van der Waals surface area contributed by atoms with E-state index in [2.05, 4.69) is 11.9 Å². The molecule has 2 amide bonds. The van der Waals surface area contributed by atoms with Crippen molar-refractivity contribution in [2.75, 3.05) is 20.3 Å². The maximum absolute atomic E-state index is 12.9. The van der Waals surface area contributed by atoms with Crippen LogP contribution in [0.25, 0.3) is 0 Å². The molecule has 0 unspecified atom stereocenters. The summed E-state index contributed by atoms with van der Waals surface area (Å²) in [6, 6.07) is -1.79. The smallest absolute Gasteiger partial charge is 0.408 e. The number of β-amino-alcohol motifs (C(OH)–C–C–N with tert-alkyl or cyclic N) is 1. The first-order valence-corrected chi connectivity index (χ1v) is 7.72. The lowest BCUT2D eigenvalue weighted by molar-refractivity contribution is -0.152. The van der Waals surface area contributed by atoms with E-state index < -0.39 is 41.6 Å². The number of esters is 1. The van der Waals surface area contributed by atoms with Gasteiger partial charge in [0, 0.05) is 13.0 Å². The SMILES string of the molecule is C=CCOC(=O)N[C@H](C(=O)N1C[C@H](O)C[C@H]1C(=O)OC)C(C)(C)C. The lowest BCUT2D eigenvalue weighted by atomic mass is 9.85. The monoisotopic (exact) mass is 342 g/mol. The molecule has 1 aliphatic rings. The normalized spacial score (nSPS) is 21.8. The molecule has 1 fully saturated rings. The highest BCUT2D eigenvalue weighted by atomic mass is 16.5. The van der Waals surface area contributed by atoms with Crippen LogP contribution in [-0.2, 0) is 19.1 Å². The van der Waals surface area contributed by atoms with Crippen LogP contribution in [0.4, 0.5) is 4.79 Å². The van der Waals surface area contributed by atoms with Crippen LogP contribution < -0.4 is 5.32 Å². The van der Waals surface area contributed by atoms with E-state index in [-0.39, 0.29) is 19.6 Å². The van der Waals surface area contributed by atoms with Crippen molar-refractivity contribution in [1.82, 2.24) is 10.2 Å². The third-order valence-corrected chi connectivity index (χ3v) is 3.74. The Hall–Kier alpha value is -2.09. The molecule has 1 aliphatic heterocycles. The standard InChI is InChI=1S/C16H26N2O6/c1-6-7-24-15(22)17-12(16(2,3)4)13(20)18-9-10(19)8-11(18)14(21)23-5/h6,10-12,19H,1,7-9H2,2-5H3,(H,17,22)/t10-,11+,12-/m1/s1. The first kappa shape index (κ1) is 20.0. The second kappa shape index (κ2) is 8.14. The van der Waals surface area contributed by atoms with Gasteiger partial charge < -0.3 is 24.8 Å². The molecule has 0 aromatic heterocycles. The average Bonchev–Trinajstić information content (AvgIpc) is 2.89. The third-order valence-electron chi connectivity index (χ3n) is 3.74. The molecule has 0 aliphatic carbocycles. The second-order valence-corrected chi connectivity index (χ2v) is 6.75. The summed E-state index contributed by atoms with van der Waals surface area (Å²) in [6.07, 6.45) is -0.0442. The van der Waals surface area contributed by atoms with Crippen molar-refractivity contribution in [3.05, 3.63) is 12.7 Å². The largest absolute Gasteiger partial charge is 0.467 e. The summed E-state index contributed by atoms with van der Waals surface area (Å²) in [4.78, 5) is 37.8. The Morgan fingerprint density at radius 2 is 2.04 bits per heavy atom. The molecule has 1 heterocycles. The van der Waals surface area contributed by atoms with E-state index in [1.165, 1.54) is 18.1 Å². The van der Waals surface area contributed by atoms with Gasteiger partial charge in [-0.2, -0.15) is 0 Å². The van der Waals surface area contributed by atoms with E-state index in [0.717, 1.165) is 0 Å². The summed E-state index contributed by atoms with van der Waals surface area (Å²) in [7, 11) is 1.22. The first-order valence-electron chi connectivity index (χ1n) is 7.72. The molecule has 136 valence electrons. The fourth-order valence-corrected chi connectivity index (χ4v) is 2.53. The Morgan fingerprint density at radius 3 is 2.54 bits per heavy atom. The number of carbonyl (C=O) groups excluding carboxylic acids is 3.